The molecule has 0 aliphatic carbocycles. The van der Waals surface area contributed by atoms with Crippen molar-refractivity contribution in [1.29, 1.82) is 0 Å². The van der Waals surface area contributed by atoms with E-state index in [-0.39, 0.29) is 0 Å². The van der Waals surface area contributed by atoms with Gasteiger partial charge in [0.1, 0.15) is 0 Å². The van der Waals surface area contributed by atoms with Crippen LogP contribution in [0.1, 0.15) is 12.8 Å². The largest absolute Gasteiger partial charge is 0.354 e. The van der Waals surface area contributed by atoms with Gasteiger partial charge in [0, 0.05) is 39.7 Å². The topological polar surface area (TPSA) is 53.2 Å². The number of rotatable bonds is 3. The maximum Gasteiger partial charge on any atom is 0.243 e. The van der Waals surface area contributed by atoms with E-state index in [4.69, 9.17) is 0 Å². The molecule has 1 aromatic heterocycles. The zero-order valence-corrected chi connectivity index (χ0v) is 15.4. The number of hydrogen-bond donors (Lipinski definition) is 1. The fourth-order valence-electron chi connectivity index (χ4n) is 3.17. The van der Waals surface area contributed by atoms with Crippen molar-refractivity contribution in [3.8, 4) is 11.3 Å². The summed E-state index contributed by atoms with van der Waals surface area (Å²) in [5.41, 5.74) is 2.95. The van der Waals surface area contributed by atoms with Crippen LogP contribution in [0.2, 0.25) is 0 Å². The molecule has 0 spiro atoms. The molecule has 0 saturated carbocycles. The van der Waals surface area contributed by atoms with Crippen molar-refractivity contribution in [1.82, 2.24) is 9.29 Å². The molecular weight excluding hydrogens is 388 g/mol. The third-order valence-corrected chi connectivity index (χ3v) is 7.05. The number of nitrogens with one attached hydrogen (secondary N) is 1. The van der Waals surface area contributed by atoms with Crippen LogP contribution in [0, 0.1) is 0 Å². The van der Waals surface area contributed by atoms with E-state index < -0.39 is 10.0 Å². The Hall–Kier alpha value is -1.63. The van der Waals surface area contributed by atoms with Gasteiger partial charge in [-0.2, -0.15) is 4.31 Å². The number of benzene rings is 2. The van der Waals surface area contributed by atoms with Gasteiger partial charge in [0.25, 0.3) is 0 Å². The van der Waals surface area contributed by atoms with Crippen LogP contribution in [0.4, 0.5) is 0 Å². The summed E-state index contributed by atoms with van der Waals surface area (Å²) in [6, 6.07) is 15.3. The SMILES string of the molecule is O=S(=O)(c1ccc2[nH]c(-c3ccccc3Br)cc2c1)N1CCCC1. The Morgan fingerprint density at radius 3 is 2.50 bits per heavy atom. The Labute approximate surface area is 149 Å². The fourth-order valence-corrected chi connectivity index (χ4v) is 5.22. The molecule has 0 radical (unpaired) electrons. The van der Waals surface area contributed by atoms with Crippen molar-refractivity contribution in [3.63, 3.8) is 0 Å². The highest BCUT2D eigenvalue weighted by molar-refractivity contribution is 9.10. The van der Waals surface area contributed by atoms with Gasteiger partial charge in [0.15, 0.2) is 0 Å². The van der Waals surface area contributed by atoms with E-state index in [9.17, 15) is 8.42 Å². The molecule has 3 aromatic rings. The highest BCUT2D eigenvalue weighted by Gasteiger charge is 2.27. The third kappa shape index (κ3) is 2.68. The van der Waals surface area contributed by atoms with Crippen LogP contribution in [0.25, 0.3) is 22.2 Å². The van der Waals surface area contributed by atoms with Crippen LogP contribution in [0.3, 0.4) is 0 Å². The number of sulfonamides is 1. The van der Waals surface area contributed by atoms with E-state index in [1.54, 1.807) is 16.4 Å². The van der Waals surface area contributed by atoms with Crippen molar-refractivity contribution < 1.29 is 8.42 Å². The summed E-state index contributed by atoms with van der Waals surface area (Å²) in [6.07, 6.45) is 1.88. The molecule has 0 unspecified atom stereocenters. The number of H-pyrrole nitrogens is 1. The van der Waals surface area contributed by atoms with Crippen LogP contribution in [-0.4, -0.2) is 30.8 Å². The van der Waals surface area contributed by atoms with Crippen LogP contribution < -0.4 is 0 Å². The first-order valence-corrected chi connectivity index (χ1v) is 10.2. The smallest absolute Gasteiger partial charge is 0.243 e. The molecule has 4 rings (SSSR count). The second-order valence-electron chi connectivity index (χ2n) is 6.02. The fraction of sp³-hybridized carbons (Fsp3) is 0.222. The lowest BCUT2D eigenvalue weighted by molar-refractivity contribution is 0.477. The quantitative estimate of drug-likeness (QED) is 0.703. The van der Waals surface area contributed by atoms with Gasteiger partial charge >= 0.3 is 0 Å². The zero-order chi connectivity index (χ0) is 16.7. The number of halogens is 1. The number of aromatic amines is 1. The molecule has 2 heterocycles. The van der Waals surface area contributed by atoms with Gasteiger partial charge in [0.05, 0.1) is 4.90 Å². The molecule has 1 aliphatic heterocycles. The highest BCUT2D eigenvalue weighted by atomic mass is 79.9. The van der Waals surface area contributed by atoms with Crippen LogP contribution in [0.15, 0.2) is 57.9 Å². The Morgan fingerprint density at radius 2 is 1.75 bits per heavy atom. The van der Waals surface area contributed by atoms with Gasteiger partial charge in [-0.3, -0.25) is 0 Å². The molecule has 1 fully saturated rings. The summed E-state index contributed by atoms with van der Waals surface area (Å²) in [7, 11) is -3.38. The second-order valence-corrected chi connectivity index (χ2v) is 8.82. The Morgan fingerprint density at radius 1 is 1.00 bits per heavy atom. The molecule has 1 N–H and O–H groups in total. The molecule has 2 aromatic carbocycles. The highest BCUT2D eigenvalue weighted by Crippen LogP contribution is 2.31. The first kappa shape index (κ1) is 15.9. The Kier molecular flexibility index (Phi) is 3.98. The summed E-state index contributed by atoms with van der Waals surface area (Å²) in [6.45, 7) is 1.24. The van der Waals surface area contributed by atoms with E-state index in [0.29, 0.717) is 18.0 Å². The maximum absolute atomic E-state index is 12.7. The second kappa shape index (κ2) is 6.02. The Balaban J connectivity index is 1.78. The lowest BCUT2D eigenvalue weighted by Gasteiger charge is -2.15. The third-order valence-electron chi connectivity index (χ3n) is 4.46. The van der Waals surface area contributed by atoms with Gasteiger partial charge in [0.2, 0.25) is 10.0 Å². The average molecular weight is 405 g/mol. The predicted octanol–water partition coefficient (Wildman–Crippen LogP) is 4.38. The van der Waals surface area contributed by atoms with Crippen LogP contribution in [0.5, 0.6) is 0 Å². The zero-order valence-electron chi connectivity index (χ0n) is 13.0. The molecule has 0 amide bonds. The molecule has 4 nitrogen and oxygen atoms in total. The summed E-state index contributed by atoms with van der Waals surface area (Å²) in [5.74, 6) is 0. The minimum absolute atomic E-state index is 0.370. The van der Waals surface area contributed by atoms with E-state index in [1.165, 1.54) is 0 Å². The number of nitrogens with zero attached hydrogens (tertiary/aromatic N) is 1. The van der Waals surface area contributed by atoms with Crippen LogP contribution >= 0.6 is 15.9 Å². The monoisotopic (exact) mass is 404 g/mol. The maximum atomic E-state index is 12.7. The number of hydrogen-bond acceptors (Lipinski definition) is 2. The van der Waals surface area contributed by atoms with Crippen molar-refractivity contribution in [2.24, 2.45) is 0 Å². The van der Waals surface area contributed by atoms with Crippen molar-refractivity contribution >= 4 is 36.9 Å². The van der Waals surface area contributed by atoms with Crippen molar-refractivity contribution in [2.75, 3.05) is 13.1 Å². The van der Waals surface area contributed by atoms with Gasteiger partial charge in [-0.15, -0.1) is 0 Å². The molecule has 124 valence electrons. The lowest BCUT2D eigenvalue weighted by Crippen LogP contribution is -2.27. The standard InChI is InChI=1S/C18H17BrN2O2S/c19-16-6-2-1-5-15(16)18-12-13-11-14(7-8-17(13)20-18)24(22,23)21-9-3-4-10-21/h1-2,5-8,11-12,20H,3-4,9-10H2. The lowest BCUT2D eigenvalue weighted by atomic mass is 10.1. The summed E-state index contributed by atoms with van der Waals surface area (Å²) < 4.78 is 28.0. The van der Waals surface area contributed by atoms with E-state index >= 15 is 0 Å². The van der Waals surface area contributed by atoms with E-state index in [0.717, 1.165) is 39.5 Å². The minimum atomic E-state index is -3.38. The molecule has 1 aliphatic rings. The molecule has 0 atom stereocenters. The molecular formula is C18H17BrN2O2S. The molecule has 24 heavy (non-hydrogen) atoms. The van der Waals surface area contributed by atoms with Gasteiger partial charge in [-0.05, 0) is 43.2 Å². The first-order chi connectivity index (χ1) is 11.6. The first-order valence-electron chi connectivity index (χ1n) is 7.93. The number of aromatic nitrogens is 1. The minimum Gasteiger partial charge on any atom is -0.354 e. The van der Waals surface area contributed by atoms with Gasteiger partial charge in [-0.1, -0.05) is 34.1 Å². The van der Waals surface area contributed by atoms with Gasteiger partial charge in [-0.25, -0.2) is 8.42 Å². The van der Waals surface area contributed by atoms with Crippen LogP contribution in [-0.2, 0) is 10.0 Å². The van der Waals surface area contributed by atoms with Crippen molar-refractivity contribution in [2.45, 2.75) is 17.7 Å². The van der Waals surface area contributed by atoms with Gasteiger partial charge < -0.3 is 4.98 Å². The Bertz CT molecular complexity index is 1000. The normalized spacial score (nSPS) is 16.0. The number of fused-ring (bicyclic) bond motifs is 1. The van der Waals surface area contributed by atoms with E-state index in [2.05, 4.69) is 20.9 Å². The summed E-state index contributed by atoms with van der Waals surface area (Å²) in [5, 5.41) is 0.904. The average Bonchev–Trinajstić information content (AvgIpc) is 3.24. The van der Waals surface area contributed by atoms with Crippen molar-refractivity contribution in [3.05, 3.63) is 53.0 Å². The summed E-state index contributed by atoms with van der Waals surface area (Å²) >= 11 is 3.56. The molecule has 0 bridgehead atoms. The summed E-state index contributed by atoms with van der Waals surface area (Å²) in [4.78, 5) is 3.73. The molecule has 1 saturated heterocycles. The van der Waals surface area contributed by atoms with E-state index in [1.807, 2.05) is 36.4 Å². The molecule has 6 heteroatoms. The predicted molar refractivity (Wildman–Crippen MR) is 99.4 cm³/mol.